The van der Waals surface area contributed by atoms with E-state index in [0.29, 0.717) is 5.92 Å². The molecule has 0 aliphatic heterocycles. The van der Waals surface area contributed by atoms with Crippen LogP contribution in [0.2, 0.25) is 0 Å². The maximum absolute atomic E-state index is 11.5. The first-order valence-electron chi connectivity index (χ1n) is 5.72. The third-order valence-corrected chi connectivity index (χ3v) is 2.56. The zero-order valence-electron chi connectivity index (χ0n) is 10.4. The van der Waals surface area contributed by atoms with Gasteiger partial charge in [0.05, 0.1) is 12.0 Å². The van der Waals surface area contributed by atoms with Crippen molar-refractivity contribution in [3.05, 3.63) is 0 Å². The minimum Gasteiger partial charge on any atom is -0.444 e. The molecule has 16 heavy (non-hydrogen) atoms. The largest absolute Gasteiger partial charge is 0.444 e. The first-order chi connectivity index (χ1) is 7.33. The number of rotatable bonds is 3. The SMILES string of the molecule is CC(NC(=O)OC(C)(C)C)C(C#N)C1CC1. The highest BCUT2D eigenvalue weighted by Crippen LogP contribution is 2.38. The quantitative estimate of drug-likeness (QED) is 0.801. The number of amides is 1. The van der Waals surface area contributed by atoms with Gasteiger partial charge in [-0.1, -0.05) is 0 Å². The van der Waals surface area contributed by atoms with E-state index in [1.165, 1.54) is 0 Å². The third kappa shape index (κ3) is 4.09. The minimum absolute atomic E-state index is 0.0903. The Kier molecular flexibility index (Phi) is 3.79. The highest BCUT2D eigenvalue weighted by molar-refractivity contribution is 5.68. The average molecular weight is 224 g/mol. The lowest BCUT2D eigenvalue weighted by Gasteiger charge is -2.23. The Morgan fingerprint density at radius 3 is 2.44 bits per heavy atom. The number of hydrogen-bond acceptors (Lipinski definition) is 3. The molecule has 0 bridgehead atoms. The molecular formula is C12H20N2O2. The first-order valence-corrected chi connectivity index (χ1v) is 5.72. The van der Waals surface area contributed by atoms with Crippen LogP contribution in [0.15, 0.2) is 0 Å². The van der Waals surface area contributed by atoms with E-state index in [9.17, 15) is 4.79 Å². The predicted molar refractivity (Wildman–Crippen MR) is 60.7 cm³/mol. The molecule has 1 fully saturated rings. The molecule has 1 amide bonds. The van der Waals surface area contributed by atoms with Crippen molar-refractivity contribution in [2.24, 2.45) is 11.8 Å². The van der Waals surface area contributed by atoms with Crippen molar-refractivity contribution in [2.75, 3.05) is 0 Å². The third-order valence-electron chi connectivity index (χ3n) is 2.56. The summed E-state index contributed by atoms with van der Waals surface area (Å²) in [7, 11) is 0. The topological polar surface area (TPSA) is 62.1 Å². The Bertz CT molecular complexity index is 297. The molecule has 0 spiro atoms. The number of nitrogens with zero attached hydrogens (tertiary/aromatic N) is 1. The summed E-state index contributed by atoms with van der Waals surface area (Å²) in [5.41, 5.74) is -0.495. The first kappa shape index (κ1) is 12.8. The molecule has 1 aliphatic carbocycles. The van der Waals surface area contributed by atoms with Crippen LogP contribution in [0.3, 0.4) is 0 Å². The van der Waals surface area contributed by atoms with Crippen molar-refractivity contribution in [1.29, 1.82) is 5.26 Å². The van der Waals surface area contributed by atoms with E-state index in [1.54, 1.807) is 0 Å². The highest BCUT2D eigenvalue weighted by Gasteiger charge is 2.35. The van der Waals surface area contributed by atoms with Gasteiger partial charge in [0.2, 0.25) is 0 Å². The van der Waals surface area contributed by atoms with Crippen LogP contribution in [0.5, 0.6) is 0 Å². The molecule has 0 saturated heterocycles. The van der Waals surface area contributed by atoms with Crippen molar-refractivity contribution in [3.63, 3.8) is 0 Å². The summed E-state index contributed by atoms with van der Waals surface area (Å²) in [6.07, 6.45) is 1.75. The van der Waals surface area contributed by atoms with Gasteiger partial charge in [0.1, 0.15) is 5.60 Å². The number of nitrogens with one attached hydrogen (secondary N) is 1. The fraction of sp³-hybridized carbons (Fsp3) is 0.833. The van der Waals surface area contributed by atoms with Crippen LogP contribution in [0.25, 0.3) is 0 Å². The summed E-state index contributed by atoms with van der Waals surface area (Å²) in [5.74, 6) is 0.363. The van der Waals surface area contributed by atoms with Gasteiger partial charge in [-0.3, -0.25) is 0 Å². The highest BCUT2D eigenvalue weighted by atomic mass is 16.6. The van der Waals surface area contributed by atoms with Gasteiger partial charge in [-0.15, -0.1) is 0 Å². The Balaban J connectivity index is 2.41. The lowest BCUT2D eigenvalue weighted by molar-refractivity contribution is 0.0496. The molecule has 2 atom stereocenters. The Labute approximate surface area is 97.0 Å². The van der Waals surface area contributed by atoms with Crippen molar-refractivity contribution in [1.82, 2.24) is 5.32 Å². The van der Waals surface area contributed by atoms with Crippen LogP contribution in [0, 0.1) is 23.2 Å². The van der Waals surface area contributed by atoms with Gasteiger partial charge in [0.25, 0.3) is 0 Å². The van der Waals surface area contributed by atoms with Crippen molar-refractivity contribution in [3.8, 4) is 6.07 Å². The van der Waals surface area contributed by atoms with Crippen molar-refractivity contribution < 1.29 is 9.53 Å². The molecule has 0 heterocycles. The summed E-state index contributed by atoms with van der Waals surface area (Å²) in [6.45, 7) is 7.32. The Morgan fingerprint density at radius 1 is 1.50 bits per heavy atom. The summed E-state index contributed by atoms with van der Waals surface area (Å²) in [6, 6.07) is 2.12. The molecule has 90 valence electrons. The average Bonchev–Trinajstić information content (AvgIpc) is 2.85. The van der Waals surface area contributed by atoms with Crippen LogP contribution in [0.1, 0.15) is 40.5 Å². The molecule has 1 saturated carbocycles. The van der Waals surface area contributed by atoms with Crippen LogP contribution < -0.4 is 5.32 Å². The maximum atomic E-state index is 11.5. The van der Waals surface area contributed by atoms with Gasteiger partial charge in [-0.25, -0.2) is 4.79 Å². The van der Waals surface area contributed by atoms with E-state index in [1.807, 2.05) is 27.7 Å². The maximum Gasteiger partial charge on any atom is 0.407 e. The van der Waals surface area contributed by atoms with Crippen molar-refractivity contribution in [2.45, 2.75) is 52.2 Å². The van der Waals surface area contributed by atoms with E-state index >= 15 is 0 Å². The molecule has 0 aromatic carbocycles. The summed E-state index contributed by atoms with van der Waals surface area (Å²) >= 11 is 0. The van der Waals surface area contributed by atoms with Gasteiger partial charge < -0.3 is 10.1 Å². The summed E-state index contributed by atoms with van der Waals surface area (Å²) in [5, 5.41) is 11.7. The number of carbonyl (C=O) groups excluding carboxylic acids is 1. The van der Waals surface area contributed by atoms with Gasteiger partial charge in [0.15, 0.2) is 0 Å². The smallest absolute Gasteiger partial charge is 0.407 e. The second-order valence-electron chi connectivity index (χ2n) is 5.43. The summed E-state index contributed by atoms with van der Waals surface area (Å²) in [4.78, 5) is 11.5. The van der Waals surface area contributed by atoms with Gasteiger partial charge in [-0.2, -0.15) is 5.26 Å². The van der Waals surface area contributed by atoms with E-state index in [4.69, 9.17) is 10.00 Å². The number of carbonyl (C=O) groups is 1. The molecule has 2 unspecified atom stereocenters. The number of nitriles is 1. The fourth-order valence-electron chi connectivity index (χ4n) is 1.66. The second-order valence-corrected chi connectivity index (χ2v) is 5.43. The van der Waals surface area contributed by atoms with E-state index < -0.39 is 11.7 Å². The Hall–Kier alpha value is -1.24. The van der Waals surface area contributed by atoms with Crippen LogP contribution in [-0.2, 0) is 4.74 Å². The number of hydrogen-bond donors (Lipinski definition) is 1. The zero-order chi connectivity index (χ0) is 12.3. The molecule has 0 radical (unpaired) electrons. The number of alkyl carbamates (subject to hydrolysis) is 1. The molecule has 1 aliphatic rings. The lowest BCUT2D eigenvalue weighted by atomic mass is 9.98. The van der Waals surface area contributed by atoms with Gasteiger partial charge >= 0.3 is 6.09 Å². The van der Waals surface area contributed by atoms with Gasteiger partial charge in [0, 0.05) is 6.04 Å². The predicted octanol–water partition coefficient (Wildman–Crippen LogP) is 2.45. The molecule has 1 N–H and O–H groups in total. The molecule has 1 rings (SSSR count). The van der Waals surface area contributed by atoms with E-state index in [-0.39, 0.29) is 12.0 Å². The fourth-order valence-corrected chi connectivity index (χ4v) is 1.66. The van der Waals surface area contributed by atoms with E-state index in [2.05, 4.69) is 11.4 Å². The van der Waals surface area contributed by atoms with Gasteiger partial charge in [-0.05, 0) is 46.5 Å². The van der Waals surface area contributed by atoms with Crippen molar-refractivity contribution >= 4 is 6.09 Å². The summed E-state index contributed by atoms with van der Waals surface area (Å²) < 4.78 is 5.14. The molecule has 4 heteroatoms. The van der Waals surface area contributed by atoms with Crippen LogP contribution in [0.4, 0.5) is 4.79 Å². The standard InChI is InChI=1S/C12H20N2O2/c1-8(10(7-13)9-5-6-9)14-11(15)16-12(2,3)4/h8-10H,5-6H2,1-4H3,(H,14,15). The second kappa shape index (κ2) is 4.73. The molecule has 0 aromatic rings. The number of ether oxygens (including phenoxy) is 1. The minimum atomic E-state index is -0.495. The molecule has 4 nitrogen and oxygen atoms in total. The monoisotopic (exact) mass is 224 g/mol. The Morgan fingerprint density at radius 2 is 2.06 bits per heavy atom. The lowest BCUT2D eigenvalue weighted by Crippen LogP contribution is -2.41. The van der Waals surface area contributed by atoms with E-state index in [0.717, 1.165) is 12.8 Å². The van der Waals surface area contributed by atoms with Crippen LogP contribution >= 0.6 is 0 Å². The zero-order valence-corrected chi connectivity index (χ0v) is 10.4. The molecular weight excluding hydrogens is 204 g/mol. The normalized spacial score (nSPS) is 19.4. The molecule has 0 aromatic heterocycles. The van der Waals surface area contributed by atoms with Crippen LogP contribution in [-0.4, -0.2) is 17.7 Å².